The van der Waals surface area contributed by atoms with E-state index in [1.165, 1.54) is 4.90 Å². The molecule has 1 aromatic rings. The highest BCUT2D eigenvalue weighted by atomic mass is 16.6. The molecule has 0 aliphatic rings. The first-order valence-electron chi connectivity index (χ1n) is 14.4. The number of allylic oxidation sites excluding steroid dienone is 2. The predicted molar refractivity (Wildman–Crippen MR) is 160 cm³/mol. The van der Waals surface area contributed by atoms with Crippen molar-refractivity contribution >= 4 is 23.8 Å². The summed E-state index contributed by atoms with van der Waals surface area (Å²) in [4.78, 5) is 50.7. The monoisotopic (exact) mass is 574 g/mol. The van der Waals surface area contributed by atoms with Gasteiger partial charge in [0.2, 0.25) is 17.7 Å². The van der Waals surface area contributed by atoms with Crippen LogP contribution in [0.1, 0.15) is 71.8 Å². The van der Waals surface area contributed by atoms with Gasteiger partial charge in [-0.05, 0) is 63.9 Å². The standard InChI is InChI=1S/C31H50N4O6/c1-21(2)19-26(28(32)37)34-31(40)41-25(20-23-13-9-7-10-14-23)16-12-8-11-15-24(30(39)35(5)6)17-18-27(36)29(38)33-22(3)4/h7-11,13-14,21-22,24-27,36H,12,15-20H2,1-6H3,(H2,32,37)(H,33,38)(H,34,40)/b11-8+/t24?,25?,26-,27?/m0/s1. The summed E-state index contributed by atoms with van der Waals surface area (Å²) in [6.45, 7) is 7.52. The van der Waals surface area contributed by atoms with Gasteiger partial charge in [-0.1, -0.05) is 56.3 Å². The van der Waals surface area contributed by atoms with Crippen molar-refractivity contribution in [3.8, 4) is 0 Å². The van der Waals surface area contributed by atoms with E-state index in [0.717, 1.165) is 5.56 Å². The number of aliphatic hydroxyl groups excluding tert-OH is 1. The van der Waals surface area contributed by atoms with E-state index in [-0.39, 0.29) is 30.2 Å². The molecule has 41 heavy (non-hydrogen) atoms. The molecule has 1 aromatic carbocycles. The molecule has 4 atom stereocenters. The number of hydrogen-bond donors (Lipinski definition) is 4. The lowest BCUT2D eigenvalue weighted by Crippen LogP contribution is -2.46. The van der Waals surface area contributed by atoms with E-state index >= 15 is 0 Å². The quantitative estimate of drug-likeness (QED) is 0.198. The molecule has 0 spiro atoms. The topological polar surface area (TPSA) is 151 Å². The average molecular weight is 575 g/mol. The van der Waals surface area contributed by atoms with Crippen LogP contribution in [0.5, 0.6) is 0 Å². The third-order valence-electron chi connectivity index (χ3n) is 6.48. The Morgan fingerprint density at radius 3 is 2.20 bits per heavy atom. The van der Waals surface area contributed by atoms with Crippen molar-refractivity contribution in [1.29, 1.82) is 0 Å². The number of alkyl carbamates (subject to hydrolysis) is 1. The second-order valence-electron chi connectivity index (χ2n) is 11.4. The van der Waals surface area contributed by atoms with Crippen LogP contribution in [0.4, 0.5) is 4.79 Å². The number of carbonyl (C=O) groups excluding carboxylic acids is 4. The molecule has 1 rings (SSSR count). The Balaban J connectivity index is 2.79. The molecule has 0 fully saturated rings. The minimum absolute atomic E-state index is 0.0709. The molecule has 3 unspecified atom stereocenters. The van der Waals surface area contributed by atoms with Gasteiger partial charge in [0.25, 0.3) is 0 Å². The molecule has 10 heteroatoms. The fourth-order valence-corrected chi connectivity index (χ4v) is 4.36. The highest BCUT2D eigenvalue weighted by molar-refractivity contribution is 5.84. The Labute approximate surface area is 245 Å². The van der Waals surface area contributed by atoms with Crippen molar-refractivity contribution in [3.05, 3.63) is 48.0 Å². The highest BCUT2D eigenvalue weighted by Crippen LogP contribution is 2.18. The second-order valence-corrected chi connectivity index (χ2v) is 11.4. The van der Waals surface area contributed by atoms with E-state index in [0.29, 0.717) is 38.5 Å². The van der Waals surface area contributed by atoms with Crippen molar-refractivity contribution < 1.29 is 29.0 Å². The zero-order chi connectivity index (χ0) is 30.9. The Hall–Kier alpha value is -3.40. The molecule has 0 aliphatic carbocycles. The molecule has 0 saturated heterocycles. The van der Waals surface area contributed by atoms with Crippen LogP contribution < -0.4 is 16.4 Å². The number of aliphatic hydroxyl groups is 1. The SMILES string of the molecule is CC(C)C[C@H](NC(=O)OC(CC/C=C/CC(CCC(O)C(=O)NC(C)C)C(=O)N(C)C)Cc1ccccc1)C(N)=O. The van der Waals surface area contributed by atoms with E-state index in [2.05, 4.69) is 10.6 Å². The summed E-state index contributed by atoms with van der Waals surface area (Å²) in [6.07, 6.45) is 4.62. The van der Waals surface area contributed by atoms with E-state index < -0.39 is 36.2 Å². The molecule has 0 aromatic heterocycles. The summed E-state index contributed by atoms with van der Waals surface area (Å²) in [5.74, 6) is -1.32. The van der Waals surface area contributed by atoms with Gasteiger partial charge in [0.1, 0.15) is 18.2 Å². The molecule has 0 heterocycles. The number of nitrogens with one attached hydrogen (secondary N) is 2. The molecule has 230 valence electrons. The maximum atomic E-state index is 12.7. The first-order chi connectivity index (χ1) is 19.3. The predicted octanol–water partition coefficient (Wildman–Crippen LogP) is 3.32. The summed E-state index contributed by atoms with van der Waals surface area (Å²) in [5.41, 5.74) is 6.47. The Morgan fingerprint density at radius 2 is 1.63 bits per heavy atom. The summed E-state index contributed by atoms with van der Waals surface area (Å²) in [6, 6.07) is 8.79. The molecule has 4 amide bonds. The van der Waals surface area contributed by atoms with Crippen LogP contribution in [0, 0.1) is 11.8 Å². The van der Waals surface area contributed by atoms with Gasteiger partial charge in [0.15, 0.2) is 0 Å². The number of hydrogen-bond acceptors (Lipinski definition) is 6. The fourth-order valence-electron chi connectivity index (χ4n) is 4.36. The van der Waals surface area contributed by atoms with Gasteiger partial charge in [0, 0.05) is 32.5 Å². The number of nitrogens with zero attached hydrogens (tertiary/aromatic N) is 1. The van der Waals surface area contributed by atoms with Crippen LogP contribution in [-0.4, -0.2) is 72.2 Å². The fraction of sp³-hybridized carbons (Fsp3) is 0.613. The zero-order valence-electron chi connectivity index (χ0n) is 25.5. The molecular weight excluding hydrogens is 524 g/mol. The smallest absolute Gasteiger partial charge is 0.408 e. The van der Waals surface area contributed by atoms with Gasteiger partial charge in [-0.15, -0.1) is 0 Å². The number of ether oxygens (including phenoxy) is 1. The number of rotatable bonds is 18. The third kappa shape index (κ3) is 15.3. The van der Waals surface area contributed by atoms with Crippen molar-refractivity contribution in [1.82, 2.24) is 15.5 Å². The normalized spacial score (nSPS) is 14.4. The molecule has 5 N–H and O–H groups in total. The summed E-state index contributed by atoms with van der Waals surface area (Å²) in [5, 5.41) is 15.5. The molecule has 0 radical (unpaired) electrons. The van der Waals surface area contributed by atoms with Gasteiger partial charge < -0.3 is 31.1 Å². The van der Waals surface area contributed by atoms with Gasteiger partial charge in [0.05, 0.1) is 0 Å². The summed E-state index contributed by atoms with van der Waals surface area (Å²) in [7, 11) is 3.36. The first-order valence-corrected chi connectivity index (χ1v) is 14.4. The minimum Gasteiger partial charge on any atom is -0.446 e. The first kappa shape index (κ1) is 35.6. The molecule has 0 bridgehead atoms. The summed E-state index contributed by atoms with van der Waals surface area (Å²) >= 11 is 0. The van der Waals surface area contributed by atoms with Crippen LogP contribution in [-0.2, 0) is 25.5 Å². The minimum atomic E-state index is -1.17. The Kier molecular flexibility index (Phi) is 16.4. The second kappa shape index (κ2) is 18.9. The molecule has 10 nitrogen and oxygen atoms in total. The van der Waals surface area contributed by atoms with Crippen LogP contribution in [0.2, 0.25) is 0 Å². The number of benzene rings is 1. The lowest BCUT2D eigenvalue weighted by molar-refractivity contribution is -0.135. The van der Waals surface area contributed by atoms with Crippen LogP contribution in [0.15, 0.2) is 42.5 Å². The van der Waals surface area contributed by atoms with Gasteiger partial charge >= 0.3 is 6.09 Å². The van der Waals surface area contributed by atoms with Crippen molar-refractivity contribution in [3.63, 3.8) is 0 Å². The van der Waals surface area contributed by atoms with Crippen LogP contribution in [0.25, 0.3) is 0 Å². The summed E-state index contributed by atoms with van der Waals surface area (Å²) < 4.78 is 5.71. The van der Waals surface area contributed by atoms with Gasteiger partial charge in [-0.25, -0.2) is 4.79 Å². The zero-order valence-corrected chi connectivity index (χ0v) is 25.5. The van der Waals surface area contributed by atoms with Crippen molar-refractivity contribution in [2.75, 3.05) is 14.1 Å². The Morgan fingerprint density at radius 1 is 0.976 bits per heavy atom. The largest absolute Gasteiger partial charge is 0.446 e. The molecule has 0 aliphatic heterocycles. The highest BCUT2D eigenvalue weighted by Gasteiger charge is 2.24. The number of nitrogens with two attached hydrogens (primary N) is 1. The maximum Gasteiger partial charge on any atom is 0.408 e. The number of amides is 4. The van der Waals surface area contributed by atoms with E-state index in [9.17, 15) is 24.3 Å². The third-order valence-corrected chi connectivity index (χ3v) is 6.48. The number of carbonyl (C=O) groups is 4. The maximum absolute atomic E-state index is 12.7. The lowest BCUT2D eigenvalue weighted by atomic mass is 9.95. The van der Waals surface area contributed by atoms with Crippen LogP contribution >= 0.6 is 0 Å². The van der Waals surface area contributed by atoms with Crippen molar-refractivity contribution in [2.45, 2.75) is 96.9 Å². The number of primary amides is 1. The van der Waals surface area contributed by atoms with Gasteiger partial charge in [-0.3, -0.25) is 14.4 Å². The van der Waals surface area contributed by atoms with Crippen molar-refractivity contribution in [2.24, 2.45) is 17.6 Å². The average Bonchev–Trinajstić information content (AvgIpc) is 2.88. The van der Waals surface area contributed by atoms with Gasteiger partial charge in [-0.2, -0.15) is 0 Å². The van der Waals surface area contributed by atoms with Crippen LogP contribution in [0.3, 0.4) is 0 Å². The van der Waals surface area contributed by atoms with E-state index in [1.54, 1.807) is 14.1 Å². The lowest BCUT2D eigenvalue weighted by Gasteiger charge is -2.22. The Bertz CT molecular complexity index is 980. The molecular formula is C31H50N4O6. The van der Waals surface area contributed by atoms with E-state index in [1.807, 2.05) is 70.2 Å². The molecule has 0 saturated carbocycles. The van der Waals surface area contributed by atoms with E-state index in [4.69, 9.17) is 10.5 Å².